The van der Waals surface area contributed by atoms with Crippen LogP contribution in [0, 0.1) is 6.92 Å². The number of rotatable bonds is 6. The van der Waals surface area contributed by atoms with Gasteiger partial charge in [0.2, 0.25) is 11.7 Å². The summed E-state index contributed by atoms with van der Waals surface area (Å²) in [7, 11) is 0. The predicted octanol–water partition coefficient (Wildman–Crippen LogP) is 3.59. The molecule has 0 saturated heterocycles. The van der Waals surface area contributed by atoms with Gasteiger partial charge in [-0.3, -0.25) is 4.79 Å². The number of ketones is 1. The number of benzene rings is 1. The predicted molar refractivity (Wildman–Crippen MR) is 97.1 cm³/mol. The lowest BCUT2D eigenvalue weighted by molar-refractivity contribution is 0.0735. The van der Waals surface area contributed by atoms with Crippen molar-refractivity contribution in [2.45, 2.75) is 26.4 Å². The van der Waals surface area contributed by atoms with Gasteiger partial charge in [0.1, 0.15) is 17.5 Å². The third-order valence-electron chi connectivity index (χ3n) is 3.82. The minimum absolute atomic E-state index is 0.202. The molecule has 0 aliphatic carbocycles. The fourth-order valence-electron chi connectivity index (χ4n) is 2.30. The van der Waals surface area contributed by atoms with Gasteiger partial charge in [-0.1, -0.05) is 13.0 Å². The van der Waals surface area contributed by atoms with E-state index in [2.05, 4.69) is 15.0 Å². The second-order valence-corrected chi connectivity index (χ2v) is 5.85. The smallest absolute Gasteiger partial charge is 0.219 e. The van der Waals surface area contributed by atoms with Gasteiger partial charge in [-0.2, -0.15) is 0 Å². The lowest BCUT2D eigenvalue weighted by atomic mass is 10.1. The minimum atomic E-state index is -1.05. The molecule has 132 valence electrons. The average Bonchev–Trinajstić information content (AvgIpc) is 2.69. The van der Waals surface area contributed by atoms with Crippen LogP contribution in [0.5, 0.6) is 11.6 Å². The molecule has 6 heteroatoms. The number of aromatic nitrogens is 3. The summed E-state index contributed by atoms with van der Waals surface area (Å²) < 4.78 is 5.69. The Bertz CT molecular complexity index is 893. The monoisotopic (exact) mass is 349 g/mol. The molecule has 1 aromatic carbocycles. The molecule has 1 atom stereocenters. The quantitative estimate of drug-likeness (QED) is 0.685. The molecule has 0 aliphatic rings. The van der Waals surface area contributed by atoms with E-state index in [1.807, 2.05) is 25.1 Å². The second kappa shape index (κ2) is 7.84. The van der Waals surface area contributed by atoms with Gasteiger partial charge in [0, 0.05) is 24.0 Å². The van der Waals surface area contributed by atoms with E-state index < -0.39 is 11.9 Å². The second-order valence-electron chi connectivity index (χ2n) is 5.85. The Balaban J connectivity index is 1.78. The van der Waals surface area contributed by atoms with Crippen LogP contribution in [0.4, 0.5) is 0 Å². The Labute approximate surface area is 151 Å². The number of nitrogens with zero attached hydrogens (tertiary/aromatic N) is 3. The number of pyridine rings is 1. The summed E-state index contributed by atoms with van der Waals surface area (Å²) in [4.78, 5) is 24.7. The van der Waals surface area contributed by atoms with Crippen LogP contribution in [0.2, 0.25) is 0 Å². The first-order valence-electron chi connectivity index (χ1n) is 8.33. The van der Waals surface area contributed by atoms with E-state index in [0.717, 1.165) is 11.1 Å². The van der Waals surface area contributed by atoms with Crippen LogP contribution in [-0.2, 0) is 0 Å². The van der Waals surface area contributed by atoms with E-state index >= 15 is 0 Å². The largest absolute Gasteiger partial charge is 0.439 e. The molecule has 0 unspecified atom stereocenters. The van der Waals surface area contributed by atoms with E-state index in [0.29, 0.717) is 23.9 Å². The van der Waals surface area contributed by atoms with Crippen molar-refractivity contribution in [2.24, 2.45) is 0 Å². The van der Waals surface area contributed by atoms with Crippen molar-refractivity contribution in [3.8, 4) is 23.0 Å². The molecule has 0 amide bonds. The van der Waals surface area contributed by atoms with E-state index in [9.17, 15) is 9.90 Å². The van der Waals surface area contributed by atoms with Crippen molar-refractivity contribution in [3.05, 3.63) is 66.1 Å². The molecule has 0 aliphatic heterocycles. The number of carbonyl (C=O) groups excluding carboxylic acids is 1. The van der Waals surface area contributed by atoms with Crippen molar-refractivity contribution in [3.63, 3.8) is 0 Å². The number of Topliss-reactive ketones (excluding diaryl/α,β-unsaturated/α-hetero) is 1. The highest BCUT2D eigenvalue weighted by molar-refractivity contribution is 5.97. The number of ether oxygens (including phenoxy) is 1. The Morgan fingerprint density at radius 3 is 2.54 bits per heavy atom. The van der Waals surface area contributed by atoms with Crippen LogP contribution in [0.1, 0.15) is 29.4 Å². The molecule has 1 N–H and O–H groups in total. The third-order valence-corrected chi connectivity index (χ3v) is 3.82. The molecule has 0 bridgehead atoms. The van der Waals surface area contributed by atoms with Gasteiger partial charge in [-0.05, 0) is 49.2 Å². The molecule has 3 aromatic rings. The SMILES string of the molecule is CC[C@@H](O)C(=O)c1ccnc(-c2ccc(Oc3ccc(C)cn3)cc2)n1. The van der Waals surface area contributed by atoms with Gasteiger partial charge < -0.3 is 9.84 Å². The van der Waals surface area contributed by atoms with Crippen LogP contribution in [0.3, 0.4) is 0 Å². The van der Waals surface area contributed by atoms with Crippen LogP contribution >= 0.6 is 0 Å². The highest BCUT2D eigenvalue weighted by Gasteiger charge is 2.17. The zero-order valence-electron chi connectivity index (χ0n) is 14.6. The summed E-state index contributed by atoms with van der Waals surface area (Å²) in [6.45, 7) is 3.70. The van der Waals surface area contributed by atoms with Crippen LogP contribution < -0.4 is 4.74 Å². The molecular formula is C20H19N3O3. The lowest BCUT2D eigenvalue weighted by Crippen LogP contribution is -2.20. The van der Waals surface area contributed by atoms with Crippen molar-refractivity contribution in [1.29, 1.82) is 0 Å². The molecular weight excluding hydrogens is 330 g/mol. The fraction of sp³-hybridized carbons (Fsp3) is 0.200. The summed E-state index contributed by atoms with van der Waals surface area (Å²) in [5.41, 5.74) is 2.01. The maximum atomic E-state index is 12.1. The topological polar surface area (TPSA) is 85.2 Å². The van der Waals surface area contributed by atoms with Crippen LogP contribution in [-0.4, -0.2) is 31.9 Å². The Morgan fingerprint density at radius 2 is 1.88 bits per heavy atom. The fourth-order valence-corrected chi connectivity index (χ4v) is 2.30. The standard InChI is InChI=1S/C20H19N3O3/c1-3-17(24)19(25)16-10-11-21-20(23-16)14-5-7-15(8-6-14)26-18-9-4-13(2)12-22-18/h4-12,17,24H,3H2,1-2H3/t17-/m1/s1. The molecule has 2 heterocycles. The Kier molecular flexibility index (Phi) is 5.34. The molecule has 6 nitrogen and oxygen atoms in total. The number of aliphatic hydroxyl groups is 1. The molecule has 0 spiro atoms. The van der Waals surface area contributed by atoms with Crippen molar-refractivity contribution in [2.75, 3.05) is 0 Å². The van der Waals surface area contributed by atoms with E-state index in [1.54, 1.807) is 31.3 Å². The zero-order chi connectivity index (χ0) is 18.5. The zero-order valence-corrected chi connectivity index (χ0v) is 14.6. The maximum Gasteiger partial charge on any atom is 0.219 e. The van der Waals surface area contributed by atoms with Gasteiger partial charge in [0.05, 0.1) is 0 Å². The highest BCUT2D eigenvalue weighted by atomic mass is 16.5. The molecule has 0 radical (unpaired) electrons. The van der Waals surface area contributed by atoms with E-state index in [1.165, 1.54) is 12.3 Å². The lowest BCUT2D eigenvalue weighted by Gasteiger charge is -2.08. The molecule has 26 heavy (non-hydrogen) atoms. The summed E-state index contributed by atoms with van der Waals surface area (Å²) in [5, 5.41) is 9.70. The van der Waals surface area contributed by atoms with Crippen LogP contribution in [0.25, 0.3) is 11.4 Å². The van der Waals surface area contributed by atoms with Gasteiger partial charge in [-0.15, -0.1) is 0 Å². The van der Waals surface area contributed by atoms with E-state index in [4.69, 9.17) is 4.74 Å². The van der Waals surface area contributed by atoms with Gasteiger partial charge in [0.15, 0.2) is 5.82 Å². The number of carbonyl (C=O) groups is 1. The Morgan fingerprint density at radius 1 is 1.12 bits per heavy atom. The summed E-state index contributed by atoms with van der Waals surface area (Å²) in [6, 6.07) is 12.4. The van der Waals surface area contributed by atoms with Crippen molar-refractivity contribution in [1.82, 2.24) is 15.0 Å². The molecule has 0 saturated carbocycles. The first-order valence-corrected chi connectivity index (χ1v) is 8.33. The highest BCUT2D eigenvalue weighted by Crippen LogP contribution is 2.23. The summed E-state index contributed by atoms with van der Waals surface area (Å²) in [5.74, 6) is 1.17. The molecule has 2 aromatic heterocycles. The first kappa shape index (κ1) is 17.7. The Hall–Kier alpha value is -3.12. The van der Waals surface area contributed by atoms with E-state index in [-0.39, 0.29) is 5.69 Å². The number of hydrogen-bond acceptors (Lipinski definition) is 6. The van der Waals surface area contributed by atoms with Crippen LogP contribution in [0.15, 0.2) is 54.9 Å². The first-order chi connectivity index (χ1) is 12.6. The third kappa shape index (κ3) is 4.10. The van der Waals surface area contributed by atoms with Gasteiger partial charge >= 0.3 is 0 Å². The maximum absolute atomic E-state index is 12.1. The number of aliphatic hydroxyl groups excluding tert-OH is 1. The van der Waals surface area contributed by atoms with Crippen molar-refractivity contribution >= 4 is 5.78 Å². The average molecular weight is 349 g/mol. The van der Waals surface area contributed by atoms with Crippen molar-refractivity contribution < 1.29 is 14.6 Å². The molecule has 0 fully saturated rings. The number of hydrogen-bond donors (Lipinski definition) is 1. The number of aryl methyl sites for hydroxylation is 1. The normalized spacial score (nSPS) is 11.8. The van der Waals surface area contributed by atoms with Gasteiger partial charge in [0.25, 0.3) is 0 Å². The molecule has 3 rings (SSSR count). The summed E-state index contributed by atoms with van der Waals surface area (Å²) in [6.07, 6.45) is 2.55. The minimum Gasteiger partial charge on any atom is -0.439 e. The van der Waals surface area contributed by atoms with Gasteiger partial charge in [-0.25, -0.2) is 15.0 Å². The summed E-state index contributed by atoms with van der Waals surface area (Å²) >= 11 is 0.